The van der Waals surface area contributed by atoms with Gasteiger partial charge in [0.2, 0.25) is 5.91 Å². The maximum atomic E-state index is 12.8. The van der Waals surface area contributed by atoms with E-state index in [0.29, 0.717) is 5.56 Å². The van der Waals surface area contributed by atoms with Crippen LogP contribution in [0.3, 0.4) is 0 Å². The van der Waals surface area contributed by atoms with Crippen LogP contribution in [-0.4, -0.2) is 55.9 Å². The van der Waals surface area contributed by atoms with Gasteiger partial charge in [-0.05, 0) is 18.4 Å². The minimum Gasteiger partial charge on any atom is -0.461 e. The monoisotopic (exact) mass is 456 g/mol. The molecule has 0 aliphatic carbocycles. The van der Waals surface area contributed by atoms with Gasteiger partial charge in [0, 0.05) is 6.42 Å². The van der Waals surface area contributed by atoms with Crippen LogP contribution in [0, 0.1) is 0 Å². The van der Waals surface area contributed by atoms with Gasteiger partial charge in [0.25, 0.3) is 0 Å². The number of halogens is 3. The average molecular weight is 456 g/mol. The number of esters is 2. The molecule has 10 heteroatoms. The Morgan fingerprint density at radius 3 is 2.22 bits per heavy atom. The second-order valence-corrected chi connectivity index (χ2v) is 6.73. The molecule has 2 atom stereocenters. The lowest BCUT2D eigenvalue weighted by Crippen LogP contribution is -2.53. The quantitative estimate of drug-likeness (QED) is 0.330. The summed E-state index contributed by atoms with van der Waals surface area (Å²) in [7, 11) is 0. The molecule has 0 saturated carbocycles. The van der Waals surface area contributed by atoms with Gasteiger partial charge in [-0.25, -0.2) is 4.79 Å². The third kappa shape index (κ3) is 11.3. The Balaban J connectivity index is 2.91. The van der Waals surface area contributed by atoms with Crippen LogP contribution in [-0.2, 0) is 30.3 Å². The Labute approximate surface area is 184 Å². The molecule has 0 heterocycles. The van der Waals surface area contributed by atoms with Crippen LogP contribution in [0.4, 0.5) is 13.2 Å². The predicted molar refractivity (Wildman–Crippen MR) is 111 cm³/mol. The summed E-state index contributed by atoms with van der Waals surface area (Å²) < 4.78 is 47.9. The number of carbonyl (C=O) groups excluding carboxylic acids is 3. The standard InChI is InChI=1S/C22H27F3N2O5/c1-3-12-31-19(28)11-10-17(21(30)32-13-4-2)27-20(29)18(26-15-22(23,24)25)14-16-8-6-5-7-9-16/h3-9,17-18,26H,1-2,10-15H2,(H,27,29). The fourth-order valence-electron chi connectivity index (χ4n) is 2.60. The van der Waals surface area contributed by atoms with Crippen molar-refractivity contribution in [1.82, 2.24) is 10.6 Å². The van der Waals surface area contributed by atoms with E-state index in [0.717, 1.165) is 0 Å². The summed E-state index contributed by atoms with van der Waals surface area (Å²) >= 11 is 0. The first-order valence-corrected chi connectivity index (χ1v) is 9.84. The van der Waals surface area contributed by atoms with Crippen LogP contribution in [0.2, 0.25) is 0 Å². The van der Waals surface area contributed by atoms with Crippen LogP contribution in [0.5, 0.6) is 0 Å². The summed E-state index contributed by atoms with van der Waals surface area (Å²) in [5.41, 5.74) is 0.626. The summed E-state index contributed by atoms with van der Waals surface area (Å²) in [6, 6.07) is 5.92. The molecule has 0 fully saturated rings. The number of carbonyl (C=O) groups is 3. The van der Waals surface area contributed by atoms with Gasteiger partial charge in [-0.1, -0.05) is 55.6 Å². The smallest absolute Gasteiger partial charge is 0.401 e. The SMILES string of the molecule is C=CCOC(=O)CCC(NC(=O)C(Cc1ccccc1)NCC(F)(F)F)C(=O)OCC=C. The first kappa shape index (κ1) is 26.9. The Morgan fingerprint density at radius 2 is 1.62 bits per heavy atom. The van der Waals surface area contributed by atoms with E-state index in [1.165, 1.54) is 12.2 Å². The Hall–Kier alpha value is -3.14. The zero-order valence-corrected chi connectivity index (χ0v) is 17.5. The van der Waals surface area contributed by atoms with Crippen molar-refractivity contribution in [2.75, 3.05) is 19.8 Å². The second-order valence-electron chi connectivity index (χ2n) is 6.73. The molecule has 1 amide bonds. The number of hydrogen-bond acceptors (Lipinski definition) is 6. The van der Waals surface area contributed by atoms with Crippen molar-refractivity contribution < 1.29 is 37.0 Å². The van der Waals surface area contributed by atoms with Gasteiger partial charge >= 0.3 is 18.1 Å². The highest BCUT2D eigenvalue weighted by Crippen LogP contribution is 2.14. The number of amides is 1. The maximum absolute atomic E-state index is 12.8. The maximum Gasteiger partial charge on any atom is 0.401 e. The van der Waals surface area contributed by atoms with E-state index in [2.05, 4.69) is 23.8 Å². The highest BCUT2D eigenvalue weighted by Gasteiger charge is 2.32. The third-order valence-corrected chi connectivity index (χ3v) is 4.09. The topological polar surface area (TPSA) is 93.7 Å². The highest BCUT2D eigenvalue weighted by atomic mass is 19.4. The molecule has 32 heavy (non-hydrogen) atoms. The van der Waals surface area contributed by atoms with Gasteiger partial charge in [0.15, 0.2) is 0 Å². The Bertz CT molecular complexity index is 769. The van der Waals surface area contributed by atoms with E-state index in [9.17, 15) is 27.6 Å². The minimum atomic E-state index is -4.54. The predicted octanol–water partition coefficient (Wildman–Crippen LogP) is 2.47. The van der Waals surface area contributed by atoms with E-state index >= 15 is 0 Å². The molecule has 0 spiro atoms. The van der Waals surface area contributed by atoms with Crippen molar-refractivity contribution in [2.45, 2.75) is 37.5 Å². The summed E-state index contributed by atoms with van der Waals surface area (Å²) in [5.74, 6) is -2.31. The average Bonchev–Trinajstić information content (AvgIpc) is 2.76. The molecule has 0 saturated heterocycles. The van der Waals surface area contributed by atoms with Gasteiger partial charge < -0.3 is 14.8 Å². The van der Waals surface area contributed by atoms with Crippen molar-refractivity contribution in [3.05, 3.63) is 61.2 Å². The molecule has 2 N–H and O–H groups in total. The molecule has 1 aromatic rings. The molecule has 0 aromatic heterocycles. The minimum absolute atomic E-state index is 0.0166. The molecule has 1 rings (SSSR count). The fraction of sp³-hybridized carbons (Fsp3) is 0.409. The Morgan fingerprint density at radius 1 is 1.00 bits per heavy atom. The summed E-state index contributed by atoms with van der Waals surface area (Å²) in [4.78, 5) is 36.8. The molecule has 2 unspecified atom stereocenters. The molecule has 7 nitrogen and oxygen atoms in total. The molecule has 0 aliphatic heterocycles. The second kappa shape index (κ2) is 14.0. The van der Waals surface area contributed by atoms with Crippen LogP contribution >= 0.6 is 0 Å². The number of hydrogen-bond donors (Lipinski definition) is 2. The van der Waals surface area contributed by atoms with E-state index in [4.69, 9.17) is 9.47 Å². The van der Waals surface area contributed by atoms with Crippen molar-refractivity contribution in [3.63, 3.8) is 0 Å². The lowest BCUT2D eigenvalue weighted by molar-refractivity contribution is -0.149. The highest BCUT2D eigenvalue weighted by molar-refractivity contribution is 5.88. The van der Waals surface area contributed by atoms with Crippen LogP contribution in [0.25, 0.3) is 0 Å². The van der Waals surface area contributed by atoms with Crippen LogP contribution in [0.1, 0.15) is 18.4 Å². The first-order valence-electron chi connectivity index (χ1n) is 9.84. The molecule has 176 valence electrons. The normalized spacial score (nSPS) is 12.8. The molecular weight excluding hydrogens is 429 g/mol. The van der Waals surface area contributed by atoms with Crippen molar-refractivity contribution in [3.8, 4) is 0 Å². The number of benzene rings is 1. The zero-order valence-electron chi connectivity index (χ0n) is 17.5. The lowest BCUT2D eigenvalue weighted by atomic mass is 10.0. The van der Waals surface area contributed by atoms with Gasteiger partial charge in [0.05, 0.1) is 12.6 Å². The molecule has 0 aliphatic rings. The van der Waals surface area contributed by atoms with E-state index < -0.39 is 42.7 Å². The number of rotatable bonds is 14. The van der Waals surface area contributed by atoms with E-state index in [-0.39, 0.29) is 32.5 Å². The van der Waals surface area contributed by atoms with Gasteiger partial charge in [0.1, 0.15) is 19.3 Å². The largest absolute Gasteiger partial charge is 0.461 e. The van der Waals surface area contributed by atoms with Gasteiger partial charge in [-0.15, -0.1) is 0 Å². The molecule has 0 bridgehead atoms. The van der Waals surface area contributed by atoms with Crippen LogP contribution < -0.4 is 10.6 Å². The zero-order chi connectivity index (χ0) is 24.0. The van der Waals surface area contributed by atoms with Crippen molar-refractivity contribution >= 4 is 17.8 Å². The number of ether oxygens (including phenoxy) is 2. The summed E-state index contributed by atoms with van der Waals surface area (Å²) in [6.07, 6.45) is -2.27. The van der Waals surface area contributed by atoms with E-state index in [1.54, 1.807) is 30.3 Å². The van der Waals surface area contributed by atoms with Gasteiger partial charge in [-0.3, -0.25) is 14.9 Å². The molecule has 0 radical (unpaired) electrons. The number of nitrogens with one attached hydrogen (secondary N) is 2. The van der Waals surface area contributed by atoms with Crippen molar-refractivity contribution in [2.24, 2.45) is 0 Å². The fourth-order valence-corrected chi connectivity index (χ4v) is 2.60. The van der Waals surface area contributed by atoms with Crippen LogP contribution in [0.15, 0.2) is 55.6 Å². The lowest BCUT2D eigenvalue weighted by Gasteiger charge is -2.23. The summed E-state index contributed by atoms with van der Waals surface area (Å²) in [5, 5.41) is 4.57. The van der Waals surface area contributed by atoms with Crippen molar-refractivity contribution in [1.29, 1.82) is 0 Å². The Kier molecular flexibility index (Phi) is 11.8. The first-order chi connectivity index (χ1) is 15.2. The number of alkyl halides is 3. The molecule has 1 aromatic carbocycles. The van der Waals surface area contributed by atoms with Gasteiger partial charge in [-0.2, -0.15) is 13.2 Å². The third-order valence-electron chi connectivity index (χ3n) is 4.09. The molecular formula is C22H27F3N2O5. The van der Waals surface area contributed by atoms with E-state index in [1.807, 2.05) is 0 Å². The summed E-state index contributed by atoms with van der Waals surface area (Å²) in [6.45, 7) is 5.29.